The Bertz CT molecular complexity index is 1500. The summed E-state index contributed by atoms with van der Waals surface area (Å²) in [5.41, 5.74) is 2.44. The summed E-state index contributed by atoms with van der Waals surface area (Å²) in [5, 5.41) is 0. The highest BCUT2D eigenvalue weighted by Crippen LogP contribution is 2.37. The average Bonchev–Trinajstić information content (AvgIpc) is 2.78. The summed E-state index contributed by atoms with van der Waals surface area (Å²) in [6.07, 6.45) is 2.27. The van der Waals surface area contributed by atoms with Crippen LogP contribution in [0.5, 0.6) is 0 Å². The van der Waals surface area contributed by atoms with E-state index in [1.54, 1.807) is 44.2 Å². The number of nitrogens with zero attached hydrogens (tertiary/aromatic N) is 2. The van der Waals surface area contributed by atoms with E-state index in [-0.39, 0.29) is 27.7 Å². The fourth-order valence-electron chi connectivity index (χ4n) is 4.01. The van der Waals surface area contributed by atoms with E-state index in [1.807, 2.05) is 0 Å². The molecule has 3 aromatic rings. The number of benzene rings is 3. The molecule has 1 aliphatic rings. The molecule has 0 saturated heterocycles. The standard InChI is InChI=1S/C24H26N2O6S3/c1-18-6-12-22(13-7-18)34(29,30)26(35(31,32)23-14-8-19(2)9-15-23)21-11-10-20-5-4-16-25(24(20)17-21)33(3,27)28/h6-15,17H,4-5,16H2,1-3H3. The van der Waals surface area contributed by atoms with Crippen LogP contribution in [0.25, 0.3) is 0 Å². The van der Waals surface area contributed by atoms with Gasteiger partial charge in [0.15, 0.2) is 0 Å². The maximum Gasteiger partial charge on any atom is 0.277 e. The summed E-state index contributed by atoms with van der Waals surface area (Å²) < 4.78 is 81.6. The van der Waals surface area contributed by atoms with E-state index in [0.29, 0.717) is 22.1 Å². The van der Waals surface area contributed by atoms with Gasteiger partial charge >= 0.3 is 0 Å². The van der Waals surface area contributed by atoms with Crippen molar-refractivity contribution in [1.29, 1.82) is 0 Å². The van der Waals surface area contributed by atoms with Crippen LogP contribution in [0.15, 0.2) is 76.5 Å². The highest BCUT2D eigenvalue weighted by molar-refractivity contribution is 8.10. The summed E-state index contributed by atoms with van der Waals surface area (Å²) in [4.78, 5) is -0.395. The Balaban J connectivity index is 1.97. The summed E-state index contributed by atoms with van der Waals surface area (Å²) in [5.74, 6) is 0. The van der Waals surface area contributed by atoms with Gasteiger partial charge < -0.3 is 0 Å². The lowest BCUT2D eigenvalue weighted by Crippen LogP contribution is -2.38. The molecule has 0 radical (unpaired) electrons. The third-order valence-electron chi connectivity index (χ3n) is 5.83. The minimum absolute atomic E-state index is 0.166. The van der Waals surface area contributed by atoms with Crippen molar-refractivity contribution in [3.63, 3.8) is 0 Å². The molecule has 0 unspecified atom stereocenters. The highest BCUT2D eigenvalue weighted by Gasteiger charge is 2.38. The number of aryl methyl sites for hydroxylation is 3. The van der Waals surface area contributed by atoms with Gasteiger partial charge in [0, 0.05) is 6.54 Å². The van der Waals surface area contributed by atoms with Crippen LogP contribution in [0, 0.1) is 13.8 Å². The van der Waals surface area contributed by atoms with Gasteiger partial charge in [0.25, 0.3) is 20.0 Å². The Kier molecular flexibility index (Phi) is 6.45. The van der Waals surface area contributed by atoms with Gasteiger partial charge in [-0.3, -0.25) is 4.31 Å². The van der Waals surface area contributed by atoms with Crippen LogP contribution >= 0.6 is 0 Å². The molecule has 3 aromatic carbocycles. The van der Waals surface area contributed by atoms with Gasteiger partial charge in [0.1, 0.15) is 0 Å². The average molecular weight is 535 g/mol. The number of fused-ring (bicyclic) bond motifs is 1. The largest absolute Gasteiger partial charge is 0.277 e. The molecule has 0 aliphatic carbocycles. The Morgan fingerprint density at radius 1 is 0.714 bits per heavy atom. The van der Waals surface area contributed by atoms with Crippen molar-refractivity contribution < 1.29 is 25.3 Å². The van der Waals surface area contributed by atoms with Gasteiger partial charge in [0.05, 0.1) is 27.4 Å². The van der Waals surface area contributed by atoms with E-state index in [4.69, 9.17) is 0 Å². The zero-order valence-corrected chi connectivity index (χ0v) is 22.0. The fraction of sp³-hybridized carbons (Fsp3) is 0.250. The SMILES string of the molecule is Cc1ccc(S(=O)(=O)N(c2ccc3c(c2)N(S(C)(=O)=O)CCC3)S(=O)(=O)c2ccc(C)cc2)cc1. The van der Waals surface area contributed by atoms with Gasteiger partial charge in [-0.1, -0.05) is 41.5 Å². The van der Waals surface area contributed by atoms with Gasteiger partial charge in [-0.25, -0.2) is 25.3 Å². The molecule has 0 aromatic heterocycles. The van der Waals surface area contributed by atoms with E-state index in [1.165, 1.54) is 40.7 Å². The van der Waals surface area contributed by atoms with Crippen LogP contribution in [0.2, 0.25) is 0 Å². The third-order valence-corrected chi connectivity index (χ3v) is 11.2. The van der Waals surface area contributed by atoms with Crippen LogP contribution in [0.1, 0.15) is 23.1 Å². The molecule has 0 amide bonds. The predicted molar refractivity (Wildman–Crippen MR) is 136 cm³/mol. The number of hydrogen-bond donors (Lipinski definition) is 0. The maximum atomic E-state index is 13.8. The van der Waals surface area contributed by atoms with Crippen LogP contribution < -0.4 is 8.02 Å². The lowest BCUT2D eigenvalue weighted by Gasteiger charge is -2.31. The smallest absolute Gasteiger partial charge is 0.270 e. The van der Waals surface area contributed by atoms with Gasteiger partial charge in [-0.15, -0.1) is 0 Å². The molecule has 11 heteroatoms. The van der Waals surface area contributed by atoms with E-state index < -0.39 is 30.1 Å². The van der Waals surface area contributed by atoms with Crippen LogP contribution in [0.4, 0.5) is 11.4 Å². The van der Waals surface area contributed by atoms with Crippen molar-refractivity contribution in [2.24, 2.45) is 0 Å². The summed E-state index contributed by atoms with van der Waals surface area (Å²) in [6, 6.07) is 16.1. The van der Waals surface area contributed by atoms with Crippen LogP contribution in [0.3, 0.4) is 0 Å². The van der Waals surface area contributed by atoms with Gasteiger partial charge in [-0.2, -0.15) is 3.71 Å². The first kappa shape index (κ1) is 25.2. The van der Waals surface area contributed by atoms with Gasteiger partial charge in [-0.05, 0) is 68.7 Å². The summed E-state index contributed by atoms with van der Waals surface area (Å²) in [7, 11) is -12.8. The molecule has 35 heavy (non-hydrogen) atoms. The van der Waals surface area contributed by atoms with E-state index in [0.717, 1.165) is 17.4 Å². The van der Waals surface area contributed by atoms with Crippen molar-refractivity contribution >= 4 is 41.4 Å². The first-order chi connectivity index (χ1) is 16.3. The molecule has 0 fully saturated rings. The lowest BCUT2D eigenvalue weighted by atomic mass is 10.0. The fourth-order valence-corrected chi connectivity index (χ4v) is 8.67. The van der Waals surface area contributed by atoms with E-state index in [9.17, 15) is 25.3 Å². The molecule has 186 valence electrons. The van der Waals surface area contributed by atoms with E-state index >= 15 is 0 Å². The normalized spacial score (nSPS) is 14.4. The number of anilines is 2. The monoisotopic (exact) mass is 534 g/mol. The Morgan fingerprint density at radius 3 is 1.66 bits per heavy atom. The quantitative estimate of drug-likeness (QED) is 0.478. The van der Waals surface area contributed by atoms with Crippen molar-refractivity contribution in [2.45, 2.75) is 36.5 Å². The number of hydrogen-bond acceptors (Lipinski definition) is 6. The molecule has 0 N–H and O–H groups in total. The molecule has 1 aliphatic heterocycles. The van der Waals surface area contributed by atoms with Crippen molar-refractivity contribution in [3.8, 4) is 0 Å². The van der Waals surface area contributed by atoms with Crippen LogP contribution in [-0.2, 0) is 36.5 Å². The van der Waals surface area contributed by atoms with E-state index in [2.05, 4.69) is 0 Å². The molecule has 1 heterocycles. The highest BCUT2D eigenvalue weighted by atomic mass is 32.3. The zero-order chi connectivity index (χ0) is 25.6. The Hall–Kier alpha value is -2.89. The molecular formula is C24H26N2O6S3. The van der Waals surface area contributed by atoms with Crippen LogP contribution in [-0.4, -0.2) is 38.1 Å². The van der Waals surface area contributed by atoms with Crippen molar-refractivity contribution in [1.82, 2.24) is 0 Å². The summed E-state index contributed by atoms with van der Waals surface area (Å²) >= 11 is 0. The second-order valence-electron chi connectivity index (χ2n) is 8.59. The second kappa shape index (κ2) is 8.96. The molecule has 4 rings (SSSR count). The Labute approximate surface area is 207 Å². The second-order valence-corrected chi connectivity index (χ2v) is 14.3. The molecule has 8 nitrogen and oxygen atoms in total. The zero-order valence-electron chi connectivity index (χ0n) is 19.5. The third kappa shape index (κ3) is 4.80. The number of sulfonamides is 3. The predicted octanol–water partition coefficient (Wildman–Crippen LogP) is 3.60. The minimum Gasteiger partial charge on any atom is -0.270 e. The molecule has 0 saturated carbocycles. The van der Waals surface area contributed by atoms with Crippen molar-refractivity contribution in [3.05, 3.63) is 83.4 Å². The molecule has 0 spiro atoms. The minimum atomic E-state index is -4.59. The number of rotatable bonds is 6. The molecular weight excluding hydrogens is 508 g/mol. The topological polar surface area (TPSA) is 109 Å². The Morgan fingerprint density at radius 2 is 1.20 bits per heavy atom. The molecule has 0 atom stereocenters. The first-order valence-electron chi connectivity index (χ1n) is 10.9. The maximum absolute atomic E-state index is 13.8. The first-order valence-corrected chi connectivity index (χ1v) is 15.6. The summed E-state index contributed by atoms with van der Waals surface area (Å²) in [6.45, 7) is 3.81. The van der Waals surface area contributed by atoms with Gasteiger partial charge in [0.2, 0.25) is 10.0 Å². The van der Waals surface area contributed by atoms with Crippen molar-refractivity contribution in [2.75, 3.05) is 20.8 Å². The lowest BCUT2D eigenvalue weighted by molar-refractivity contribution is 0.584. The molecule has 0 bridgehead atoms.